The molecule has 2 aromatic rings. The van der Waals surface area contributed by atoms with E-state index in [-0.39, 0.29) is 5.82 Å². The molecule has 7 unspecified atom stereocenters. The van der Waals surface area contributed by atoms with E-state index in [1.165, 1.54) is 17.2 Å². The average Bonchev–Trinajstić information content (AvgIpc) is 3.48. The highest BCUT2D eigenvalue weighted by atomic mass is 32.7. The zero-order valence-corrected chi connectivity index (χ0v) is 24.7. The molecule has 2 saturated heterocycles. The van der Waals surface area contributed by atoms with Gasteiger partial charge in [-0.05, 0) is 14.1 Å². The molecular weight excluding hydrogens is 630 g/mol. The lowest BCUT2D eigenvalue weighted by molar-refractivity contribution is -0.292. The number of nitrogens with zero attached hydrogens (tertiary/aromatic N) is 5. The Kier molecular flexibility index (Phi) is 10.3. The minimum atomic E-state index is -5.46. The lowest BCUT2D eigenvalue weighted by Gasteiger charge is -2.41. The Morgan fingerprint density at radius 2 is 1.81 bits per heavy atom. The van der Waals surface area contributed by atoms with Crippen molar-refractivity contribution in [3.8, 4) is 0 Å². The highest BCUT2D eigenvalue weighted by Gasteiger charge is 2.51. The Balaban J connectivity index is 1.42. The number of anilines is 1. The van der Waals surface area contributed by atoms with E-state index in [9.17, 15) is 39.6 Å². The van der Waals surface area contributed by atoms with Crippen LogP contribution < -0.4 is 5.73 Å². The van der Waals surface area contributed by atoms with Crippen molar-refractivity contribution in [3.05, 3.63) is 12.7 Å². The van der Waals surface area contributed by atoms with Gasteiger partial charge in [0.2, 0.25) is 0 Å². The van der Waals surface area contributed by atoms with E-state index in [1.807, 2.05) is 0 Å². The maximum atomic E-state index is 12.8. The molecule has 2 aromatic heterocycles. The van der Waals surface area contributed by atoms with Crippen LogP contribution in [0.2, 0.25) is 0 Å². The number of rotatable bonds is 11. The summed E-state index contributed by atoms with van der Waals surface area (Å²) >= 11 is 3.66. The zero-order chi connectivity index (χ0) is 31.1. The Hall–Kier alpha value is -1.36. The average molecular weight is 663 g/mol. The Labute approximate surface area is 242 Å². The maximum absolute atomic E-state index is 12.8. The number of likely N-dealkylation sites (N-methyl/N-ethyl adjacent to an activating group) is 1. The first-order chi connectivity index (χ1) is 19.6. The lowest BCUT2D eigenvalue weighted by atomic mass is 9.96. The monoisotopic (exact) mass is 662 g/mol. The minimum absolute atomic E-state index is 0.124. The molecule has 0 radical (unpaired) electrons. The molecule has 0 saturated carbocycles. The van der Waals surface area contributed by atoms with Crippen LogP contribution in [0.15, 0.2) is 12.7 Å². The van der Waals surface area contributed by atoms with Crippen LogP contribution in [-0.4, -0.2) is 142 Å². The van der Waals surface area contributed by atoms with Crippen LogP contribution in [0.3, 0.4) is 0 Å². The predicted octanol–water partition coefficient (Wildman–Crippen LogP) is -3.05. The van der Waals surface area contributed by atoms with Crippen molar-refractivity contribution in [1.29, 1.82) is 0 Å². The summed E-state index contributed by atoms with van der Waals surface area (Å²) in [6.07, 6.45) is -12.5. The molecule has 20 nitrogen and oxygen atoms in total. The molecule has 4 rings (SSSR count). The van der Waals surface area contributed by atoms with Crippen molar-refractivity contribution in [2.24, 2.45) is 0 Å². The van der Waals surface area contributed by atoms with Gasteiger partial charge in [0.05, 0.1) is 25.6 Å². The first kappa shape index (κ1) is 33.5. The van der Waals surface area contributed by atoms with E-state index in [0.29, 0.717) is 11.2 Å². The number of nitrogen functional groups attached to an aromatic ring is 1. The molecule has 0 bridgehead atoms. The van der Waals surface area contributed by atoms with Gasteiger partial charge in [0.15, 0.2) is 24.0 Å². The SMILES string of the molecule is CN(C)[C@@H]1[C@H](O)[C@@H](COP(=O)(S)OP(=O)(O)OC2OC([C@@H](O)CO)C(O)C(O)C2O)O[C@H]1n1cnc2c(N)ncnc21. The van der Waals surface area contributed by atoms with Gasteiger partial charge in [-0.3, -0.25) is 18.5 Å². The van der Waals surface area contributed by atoms with Crippen molar-refractivity contribution in [3.63, 3.8) is 0 Å². The number of phosphoric ester groups is 1. The lowest BCUT2D eigenvalue weighted by Crippen LogP contribution is -2.61. The van der Waals surface area contributed by atoms with E-state index >= 15 is 0 Å². The predicted molar refractivity (Wildman–Crippen MR) is 141 cm³/mol. The molecule has 0 amide bonds. The summed E-state index contributed by atoms with van der Waals surface area (Å²) in [6, 6.07) is -0.714. The largest absolute Gasteiger partial charge is 0.482 e. The number of aromatic nitrogens is 4. The molecule has 2 fully saturated rings. The number of aliphatic hydroxyl groups is 6. The van der Waals surface area contributed by atoms with Crippen molar-refractivity contribution in [1.82, 2.24) is 24.4 Å². The third kappa shape index (κ3) is 6.97. The summed E-state index contributed by atoms with van der Waals surface area (Å²) in [4.78, 5) is 24.0. The van der Waals surface area contributed by atoms with Gasteiger partial charge in [-0.15, -0.1) is 0 Å². The molecule has 12 atom stereocenters. The fourth-order valence-corrected chi connectivity index (χ4v) is 7.76. The van der Waals surface area contributed by atoms with E-state index in [2.05, 4.69) is 36.0 Å². The molecule has 42 heavy (non-hydrogen) atoms. The number of aliphatic hydroxyl groups excluding tert-OH is 6. The molecule has 238 valence electrons. The van der Waals surface area contributed by atoms with Gasteiger partial charge < -0.3 is 50.7 Å². The molecule has 0 spiro atoms. The van der Waals surface area contributed by atoms with Crippen molar-refractivity contribution < 1.29 is 67.5 Å². The van der Waals surface area contributed by atoms with Gasteiger partial charge in [0, 0.05) is 0 Å². The van der Waals surface area contributed by atoms with Gasteiger partial charge >= 0.3 is 14.6 Å². The Morgan fingerprint density at radius 1 is 1.12 bits per heavy atom. The summed E-state index contributed by atoms with van der Waals surface area (Å²) in [5.41, 5.74) is 6.46. The normalized spacial score (nSPS) is 35.7. The smallest absolute Gasteiger partial charge is 0.394 e. The van der Waals surface area contributed by atoms with Crippen LogP contribution in [0.1, 0.15) is 6.23 Å². The molecule has 0 aromatic carbocycles. The van der Waals surface area contributed by atoms with E-state index in [1.54, 1.807) is 19.0 Å². The van der Waals surface area contributed by atoms with Crippen LogP contribution in [0.5, 0.6) is 0 Å². The Morgan fingerprint density at radius 3 is 2.45 bits per heavy atom. The third-order valence-corrected chi connectivity index (χ3v) is 10.2. The van der Waals surface area contributed by atoms with E-state index in [4.69, 9.17) is 24.8 Å². The first-order valence-corrected chi connectivity index (χ1v) is 16.4. The van der Waals surface area contributed by atoms with Gasteiger partial charge in [0.1, 0.15) is 54.6 Å². The molecule has 4 heterocycles. The molecule has 23 heteroatoms. The second-order valence-corrected chi connectivity index (χ2v) is 14.2. The summed E-state index contributed by atoms with van der Waals surface area (Å²) in [6.45, 7) is -6.36. The Bertz CT molecular complexity index is 1340. The molecule has 0 aliphatic carbocycles. The number of nitrogens with two attached hydrogens (primary N) is 1. The minimum Gasteiger partial charge on any atom is -0.394 e. The van der Waals surface area contributed by atoms with E-state index < -0.39 is 89.1 Å². The summed E-state index contributed by atoms with van der Waals surface area (Å²) < 4.78 is 52.2. The van der Waals surface area contributed by atoms with Gasteiger partial charge in [-0.2, -0.15) is 4.31 Å². The summed E-state index contributed by atoms with van der Waals surface area (Å²) in [7, 11) is -2.12. The number of imidazole rings is 1. The summed E-state index contributed by atoms with van der Waals surface area (Å²) in [5, 5.41) is 59.9. The molecule has 2 aliphatic rings. The van der Waals surface area contributed by atoms with Crippen LogP contribution >= 0.6 is 26.9 Å². The first-order valence-electron chi connectivity index (χ1n) is 12.2. The number of thiol groups is 1. The topological polar surface area (TPSA) is 295 Å². The van der Waals surface area contributed by atoms with Crippen molar-refractivity contribution in [2.45, 2.75) is 61.3 Å². The van der Waals surface area contributed by atoms with Gasteiger partial charge in [0.25, 0.3) is 0 Å². The number of hydrogen-bond acceptors (Lipinski definition) is 18. The number of hydrogen-bond donors (Lipinski definition) is 9. The standard InChI is InChI=1S/C19H32N6O14P2S/c1-24(2)10-11(28)8(36-18(10)25-6-23-9-16(20)21-5-22-17(9)25)4-35-41(34,42)39-40(32,33)38-19-14(31)12(29)13(30)15(37-19)7(27)3-26/h5-8,10-15,18-19,26-31H,3-4H2,1-2H3,(H,32,33)(H,34,42)(H2,20,21,22)/t7-,8+,10+,11+,12?,13?,14?,15?,18+,19?,41?/m0/s1. The zero-order valence-electron chi connectivity index (χ0n) is 22.0. The number of ether oxygens (including phenoxy) is 2. The maximum Gasteiger partial charge on any atom is 0.482 e. The highest BCUT2D eigenvalue weighted by molar-refractivity contribution is 8.45. The second kappa shape index (κ2) is 12.9. The molecular formula is C19H32N6O14P2S. The van der Waals surface area contributed by atoms with Crippen LogP contribution in [-0.2, 0) is 32.0 Å². The molecule has 2 aliphatic heterocycles. The van der Waals surface area contributed by atoms with Crippen LogP contribution in [0.25, 0.3) is 11.2 Å². The van der Waals surface area contributed by atoms with Crippen LogP contribution in [0, 0.1) is 0 Å². The fraction of sp³-hybridized carbons (Fsp3) is 0.737. The van der Waals surface area contributed by atoms with Gasteiger partial charge in [-0.1, -0.05) is 12.2 Å². The van der Waals surface area contributed by atoms with Crippen molar-refractivity contribution in [2.75, 3.05) is 33.0 Å². The fourth-order valence-electron chi connectivity index (χ4n) is 4.57. The second-order valence-electron chi connectivity index (χ2n) is 9.70. The van der Waals surface area contributed by atoms with Gasteiger partial charge in [-0.25, -0.2) is 24.1 Å². The number of phosphoric acid groups is 1. The van der Waals surface area contributed by atoms with Crippen LogP contribution in [0.4, 0.5) is 5.82 Å². The third-order valence-electron chi connectivity index (χ3n) is 6.61. The van der Waals surface area contributed by atoms with E-state index in [0.717, 1.165) is 0 Å². The van der Waals surface area contributed by atoms with Crippen molar-refractivity contribution >= 4 is 43.9 Å². The highest BCUT2D eigenvalue weighted by Crippen LogP contribution is 2.66. The summed E-state index contributed by atoms with van der Waals surface area (Å²) in [5.74, 6) is 0.124. The number of fused-ring (bicyclic) bond motifs is 1. The molecule has 9 N–H and O–H groups in total. The quantitative estimate of drug-likeness (QED) is 0.0852.